The molecule has 0 aliphatic heterocycles. The predicted octanol–water partition coefficient (Wildman–Crippen LogP) is 4.30. The van der Waals surface area contributed by atoms with Gasteiger partial charge >= 0.3 is 0 Å². The van der Waals surface area contributed by atoms with Gasteiger partial charge in [-0.15, -0.1) is 0 Å². The molecule has 0 spiro atoms. The Morgan fingerprint density at radius 3 is 2.58 bits per heavy atom. The average Bonchev–Trinajstić information content (AvgIpc) is 2.45. The zero-order chi connectivity index (χ0) is 13.7. The highest BCUT2D eigenvalue weighted by Gasteiger charge is 2.30. The van der Waals surface area contributed by atoms with Crippen molar-refractivity contribution >= 4 is 11.8 Å². The number of rotatable bonds is 5. The Morgan fingerprint density at radius 1 is 1.21 bits per heavy atom. The van der Waals surface area contributed by atoms with Crippen LogP contribution in [0.4, 0.5) is 0 Å². The van der Waals surface area contributed by atoms with Gasteiger partial charge in [0.1, 0.15) is 0 Å². The van der Waals surface area contributed by atoms with Gasteiger partial charge in [-0.25, -0.2) is 0 Å². The van der Waals surface area contributed by atoms with E-state index >= 15 is 0 Å². The van der Waals surface area contributed by atoms with Crippen molar-refractivity contribution in [2.24, 2.45) is 5.92 Å². The SMILES string of the molecule is CNC1CCC(c2ccccc2)CC1SCC(C)C. The van der Waals surface area contributed by atoms with E-state index in [9.17, 15) is 0 Å². The van der Waals surface area contributed by atoms with Crippen molar-refractivity contribution in [2.75, 3.05) is 12.8 Å². The normalized spacial score (nSPS) is 27.7. The van der Waals surface area contributed by atoms with Gasteiger partial charge in [0.05, 0.1) is 0 Å². The van der Waals surface area contributed by atoms with Crippen molar-refractivity contribution in [3.63, 3.8) is 0 Å². The van der Waals surface area contributed by atoms with Crippen molar-refractivity contribution in [3.05, 3.63) is 35.9 Å². The smallest absolute Gasteiger partial charge is 0.0206 e. The molecule has 1 fully saturated rings. The van der Waals surface area contributed by atoms with E-state index in [1.54, 1.807) is 0 Å². The Labute approximate surface area is 122 Å². The van der Waals surface area contributed by atoms with Crippen LogP contribution in [0.3, 0.4) is 0 Å². The molecule has 0 amide bonds. The van der Waals surface area contributed by atoms with Crippen molar-refractivity contribution < 1.29 is 0 Å². The summed E-state index contributed by atoms with van der Waals surface area (Å²) in [7, 11) is 2.12. The standard InChI is InChI=1S/C17H27NS/c1-13(2)12-19-17-11-15(9-10-16(17)18-3)14-7-5-4-6-8-14/h4-8,13,15-18H,9-12H2,1-3H3. The maximum absolute atomic E-state index is 3.53. The molecule has 1 saturated carbocycles. The zero-order valence-corrected chi connectivity index (χ0v) is 13.2. The van der Waals surface area contributed by atoms with E-state index in [1.807, 2.05) is 0 Å². The lowest BCUT2D eigenvalue weighted by molar-refractivity contribution is 0.369. The van der Waals surface area contributed by atoms with Gasteiger partial charge in [-0.2, -0.15) is 11.8 Å². The molecule has 1 aliphatic carbocycles. The van der Waals surface area contributed by atoms with Gasteiger partial charge in [-0.05, 0) is 49.5 Å². The maximum Gasteiger partial charge on any atom is 0.0206 e. The highest BCUT2D eigenvalue weighted by molar-refractivity contribution is 7.99. The summed E-state index contributed by atoms with van der Waals surface area (Å²) in [6, 6.07) is 11.8. The van der Waals surface area contributed by atoms with Crippen LogP contribution in [-0.4, -0.2) is 24.1 Å². The van der Waals surface area contributed by atoms with E-state index in [0.29, 0.717) is 6.04 Å². The van der Waals surface area contributed by atoms with Gasteiger partial charge < -0.3 is 5.32 Å². The molecule has 2 heteroatoms. The van der Waals surface area contributed by atoms with Crippen LogP contribution in [0.2, 0.25) is 0 Å². The molecule has 2 rings (SSSR count). The van der Waals surface area contributed by atoms with Crippen molar-refractivity contribution in [1.82, 2.24) is 5.32 Å². The fraction of sp³-hybridized carbons (Fsp3) is 0.647. The lowest BCUT2D eigenvalue weighted by Crippen LogP contribution is -2.40. The Balaban J connectivity index is 1.99. The van der Waals surface area contributed by atoms with Crippen LogP contribution in [0.5, 0.6) is 0 Å². The second-order valence-electron chi connectivity index (χ2n) is 6.08. The summed E-state index contributed by atoms with van der Waals surface area (Å²) in [5.74, 6) is 2.83. The first-order valence-corrected chi connectivity index (χ1v) is 8.59. The first-order chi connectivity index (χ1) is 9.20. The van der Waals surface area contributed by atoms with E-state index < -0.39 is 0 Å². The maximum atomic E-state index is 3.53. The van der Waals surface area contributed by atoms with Crippen LogP contribution in [0.15, 0.2) is 30.3 Å². The quantitative estimate of drug-likeness (QED) is 0.861. The molecule has 1 nitrogen and oxygen atoms in total. The third-order valence-electron chi connectivity index (χ3n) is 4.08. The van der Waals surface area contributed by atoms with Crippen LogP contribution in [0.1, 0.15) is 44.6 Å². The number of benzene rings is 1. The summed E-state index contributed by atoms with van der Waals surface area (Å²) in [6.45, 7) is 4.64. The monoisotopic (exact) mass is 277 g/mol. The molecule has 1 aromatic rings. The second kappa shape index (κ2) is 7.35. The molecule has 0 saturated heterocycles. The molecule has 0 radical (unpaired) electrons. The Hall–Kier alpha value is -0.470. The van der Waals surface area contributed by atoms with E-state index in [4.69, 9.17) is 0 Å². The minimum Gasteiger partial charge on any atom is -0.316 e. The van der Waals surface area contributed by atoms with Gasteiger partial charge in [-0.1, -0.05) is 44.2 Å². The fourth-order valence-corrected chi connectivity index (χ4v) is 4.49. The Bertz CT molecular complexity index is 363. The van der Waals surface area contributed by atoms with Crippen molar-refractivity contribution in [3.8, 4) is 0 Å². The summed E-state index contributed by atoms with van der Waals surface area (Å²) in [4.78, 5) is 0. The van der Waals surface area contributed by atoms with Crippen LogP contribution >= 0.6 is 11.8 Å². The molecular formula is C17H27NS. The van der Waals surface area contributed by atoms with Gasteiger partial charge in [0.2, 0.25) is 0 Å². The molecular weight excluding hydrogens is 250 g/mol. The first-order valence-electron chi connectivity index (χ1n) is 7.54. The Kier molecular flexibility index (Phi) is 5.77. The van der Waals surface area contributed by atoms with Crippen molar-refractivity contribution in [2.45, 2.75) is 50.3 Å². The third kappa shape index (κ3) is 4.25. The number of hydrogen-bond donors (Lipinski definition) is 1. The van der Waals surface area contributed by atoms with E-state index in [2.05, 4.69) is 68.3 Å². The third-order valence-corrected chi connectivity index (χ3v) is 5.89. The molecule has 0 heterocycles. The topological polar surface area (TPSA) is 12.0 Å². The van der Waals surface area contributed by atoms with Crippen LogP contribution in [-0.2, 0) is 0 Å². The summed E-state index contributed by atoms with van der Waals surface area (Å²) in [6.07, 6.45) is 3.97. The number of hydrogen-bond acceptors (Lipinski definition) is 2. The van der Waals surface area contributed by atoms with Crippen LogP contribution in [0, 0.1) is 5.92 Å². The molecule has 1 aliphatic rings. The molecule has 0 aromatic heterocycles. The molecule has 3 unspecified atom stereocenters. The molecule has 106 valence electrons. The Morgan fingerprint density at radius 2 is 1.95 bits per heavy atom. The summed E-state index contributed by atoms with van der Waals surface area (Å²) in [5.41, 5.74) is 1.53. The first kappa shape index (κ1) is 14.9. The molecule has 0 bridgehead atoms. The van der Waals surface area contributed by atoms with E-state index in [0.717, 1.165) is 17.1 Å². The summed E-state index contributed by atoms with van der Waals surface area (Å²) in [5, 5.41) is 4.30. The number of thioether (sulfide) groups is 1. The largest absolute Gasteiger partial charge is 0.316 e. The van der Waals surface area contributed by atoms with E-state index in [-0.39, 0.29) is 0 Å². The lowest BCUT2D eigenvalue weighted by Gasteiger charge is -2.36. The minimum absolute atomic E-state index is 0.698. The minimum atomic E-state index is 0.698. The van der Waals surface area contributed by atoms with Gasteiger partial charge in [0.25, 0.3) is 0 Å². The summed E-state index contributed by atoms with van der Waals surface area (Å²) >= 11 is 2.17. The van der Waals surface area contributed by atoms with E-state index in [1.165, 1.54) is 30.6 Å². The average molecular weight is 277 g/mol. The van der Waals surface area contributed by atoms with Gasteiger partial charge in [0.15, 0.2) is 0 Å². The summed E-state index contributed by atoms with van der Waals surface area (Å²) < 4.78 is 0. The van der Waals surface area contributed by atoms with Crippen LogP contribution in [0.25, 0.3) is 0 Å². The zero-order valence-electron chi connectivity index (χ0n) is 12.4. The van der Waals surface area contributed by atoms with Crippen molar-refractivity contribution in [1.29, 1.82) is 0 Å². The predicted molar refractivity (Wildman–Crippen MR) is 87.0 cm³/mol. The van der Waals surface area contributed by atoms with Gasteiger partial charge in [-0.3, -0.25) is 0 Å². The second-order valence-corrected chi connectivity index (χ2v) is 7.35. The van der Waals surface area contributed by atoms with Gasteiger partial charge in [0, 0.05) is 11.3 Å². The molecule has 1 N–H and O–H groups in total. The molecule has 3 atom stereocenters. The lowest BCUT2D eigenvalue weighted by atomic mass is 9.81. The van der Waals surface area contributed by atoms with Crippen LogP contribution < -0.4 is 5.32 Å². The fourth-order valence-electron chi connectivity index (χ4n) is 2.99. The highest BCUT2D eigenvalue weighted by Crippen LogP contribution is 2.38. The molecule has 1 aromatic carbocycles. The highest BCUT2D eigenvalue weighted by atomic mass is 32.2. The molecule has 19 heavy (non-hydrogen) atoms. The number of nitrogens with one attached hydrogen (secondary N) is 1.